The lowest BCUT2D eigenvalue weighted by Gasteiger charge is -2.38. The molecule has 160 valence electrons. The molecule has 1 saturated heterocycles. The minimum Gasteiger partial charge on any atom is -0.467 e. The number of ether oxygens (including phenoxy) is 1. The number of H-pyrrole nitrogens is 1. The molecular weight excluding hydrogens is 390 g/mol. The fourth-order valence-corrected chi connectivity index (χ4v) is 5.46. The third-order valence-corrected chi connectivity index (χ3v) is 6.78. The quantitative estimate of drug-likeness (QED) is 0.420. The van der Waals surface area contributed by atoms with Crippen molar-refractivity contribution >= 4 is 22.8 Å². The van der Waals surface area contributed by atoms with Crippen LogP contribution in [0.15, 0.2) is 30.5 Å². The second-order valence-corrected chi connectivity index (χ2v) is 8.42. The number of carbonyl (C=O) groups excluding carboxylic acids is 2. The van der Waals surface area contributed by atoms with Crippen molar-refractivity contribution in [3.63, 3.8) is 0 Å². The van der Waals surface area contributed by atoms with Crippen LogP contribution in [-0.4, -0.2) is 57.2 Å². The Morgan fingerprint density at radius 3 is 2.90 bits per heavy atom. The molecule has 30 heavy (non-hydrogen) atoms. The first-order valence-corrected chi connectivity index (χ1v) is 10.1. The maximum absolute atomic E-state index is 13.0. The lowest BCUT2D eigenvalue weighted by Crippen LogP contribution is -2.56. The number of esters is 1. The van der Waals surface area contributed by atoms with Gasteiger partial charge in [-0.25, -0.2) is 4.79 Å². The van der Waals surface area contributed by atoms with Gasteiger partial charge in [0.05, 0.1) is 7.11 Å². The van der Waals surface area contributed by atoms with Crippen LogP contribution in [0, 0.1) is 27.9 Å². The number of fused-ring (bicyclic) bond motifs is 2. The van der Waals surface area contributed by atoms with Gasteiger partial charge in [0, 0.05) is 46.7 Å². The number of nitrogens with one attached hydrogen (secondary N) is 1. The van der Waals surface area contributed by atoms with E-state index in [4.69, 9.17) is 4.74 Å². The summed E-state index contributed by atoms with van der Waals surface area (Å²) in [5, 5.41) is 23.6. The van der Waals surface area contributed by atoms with Crippen molar-refractivity contribution in [2.75, 3.05) is 13.7 Å². The van der Waals surface area contributed by atoms with E-state index in [2.05, 4.69) is 4.98 Å². The molecule has 0 bridgehead atoms. The summed E-state index contributed by atoms with van der Waals surface area (Å²) in [5.74, 6) is -2.15. The van der Waals surface area contributed by atoms with Gasteiger partial charge >= 0.3 is 5.97 Å². The van der Waals surface area contributed by atoms with Crippen molar-refractivity contribution in [2.24, 2.45) is 17.8 Å². The Morgan fingerprint density at radius 2 is 2.20 bits per heavy atom. The summed E-state index contributed by atoms with van der Waals surface area (Å²) in [5.41, 5.74) is 0.136. The molecule has 1 aromatic carbocycles. The summed E-state index contributed by atoms with van der Waals surface area (Å²) < 4.78 is 4.98. The fraction of sp³-hybridized carbons (Fsp3) is 0.524. The number of nitrogens with zero attached hydrogens (tertiary/aromatic N) is 2. The third kappa shape index (κ3) is 3.13. The van der Waals surface area contributed by atoms with Crippen LogP contribution in [0.5, 0.6) is 0 Å². The molecule has 0 spiro atoms. The van der Waals surface area contributed by atoms with Gasteiger partial charge in [-0.2, -0.15) is 0 Å². The predicted molar refractivity (Wildman–Crippen MR) is 107 cm³/mol. The highest BCUT2D eigenvalue weighted by Crippen LogP contribution is 2.53. The zero-order valence-corrected chi connectivity index (χ0v) is 16.9. The summed E-state index contributed by atoms with van der Waals surface area (Å²) in [6.45, 7) is 1.54. The van der Waals surface area contributed by atoms with E-state index in [1.165, 1.54) is 12.0 Å². The number of para-hydroxylation sites is 1. The normalized spacial score (nSPS) is 29.2. The van der Waals surface area contributed by atoms with Gasteiger partial charge in [-0.15, -0.1) is 0 Å². The minimum atomic E-state index is -1.60. The molecule has 2 heterocycles. The first-order valence-electron chi connectivity index (χ1n) is 10.1. The van der Waals surface area contributed by atoms with Gasteiger partial charge in [-0.1, -0.05) is 25.1 Å². The molecule has 0 radical (unpaired) electrons. The Hall–Kier alpha value is -2.94. The molecule has 2 aromatic rings. The Labute approximate surface area is 173 Å². The van der Waals surface area contributed by atoms with E-state index in [0.29, 0.717) is 0 Å². The van der Waals surface area contributed by atoms with Crippen LogP contribution < -0.4 is 0 Å². The van der Waals surface area contributed by atoms with Gasteiger partial charge in [-0.05, 0) is 24.0 Å². The van der Waals surface area contributed by atoms with E-state index in [1.54, 1.807) is 6.20 Å². The van der Waals surface area contributed by atoms with Crippen molar-refractivity contribution in [1.82, 2.24) is 9.88 Å². The molecule has 2 unspecified atom stereocenters. The summed E-state index contributed by atoms with van der Waals surface area (Å²) >= 11 is 0. The summed E-state index contributed by atoms with van der Waals surface area (Å²) in [6.07, 6.45) is 2.14. The Bertz CT molecular complexity index is 1000. The van der Waals surface area contributed by atoms with Gasteiger partial charge in [0.25, 0.3) is 0 Å². The van der Waals surface area contributed by atoms with E-state index in [-0.39, 0.29) is 37.6 Å². The topological polar surface area (TPSA) is 126 Å². The summed E-state index contributed by atoms with van der Waals surface area (Å²) in [6, 6.07) is 6.60. The monoisotopic (exact) mass is 415 g/mol. The molecular formula is C21H25N3O6. The highest BCUT2D eigenvalue weighted by atomic mass is 16.6. The first kappa shape index (κ1) is 20.3. The number of aromatic amines is 1. The minimum absolute atomic E-state index is 0.0132. The smallest absolute Gasteiger partial charge is 0.329 e. The average molecular weight is 415 g/mol. The molecule has 1 amide bonds. The Morgan fingerprint density at radius 1 is 1.47 bits per heavy atom. The van der Waals surface area contributed by atoms with Crippen LogP contribution in [0.4, 0.5) is 0 Å². The van der Waals surface area contributed by atoms with Crippen molar-refractivity contribution in [1.29, 1.82) is 0 Å². The number of methoxy groups -OCH3 is 1. The van der Waals surface area contributed by atoms with Gasteiger partial charge in [-0.3, -0.25) is 19.8 Å². The number of aromatic nitrogens is 1. The van der Waals surface area contributed by atoms with Gasteiger partial charge < -0.3 is 14.8 Å². The van der Waals surface area contributed by atoms with Crippen LogP contribution in [-0.2, 0) is 20.7 Å². The van der Waals surface area contributed by atoms with E-state index in [0.717, 1.165) is 16.5 Å². The highest BCUT2D eigenvalue weighted by molar-refractivity contribution is 5.89. The van der Waals surface area contributed by atoms with E-state index in [9.17, 15) is 24.8 Å². The van der Waals surface area contributed by atoms with E-state index >= 15 is 0 Å². The lowest BCUT2D eigenvalue weighted by atomic mass is 9.88. The molecule has 1 aromatic heterocycles. The summed E-state index contributed by atoms with van der Waals surface area (Å²) in [4.78, 5) is 40.8. The second kappa shape index (κ2) is 7.39. The highest BCUT2D eigenvalue weighted by Gasteiger charge is 2.64. The predicted octanol–water partition coefficient (Wildman–Crippen LogP) is 1.72. The van der Waals surface area contributed by atoms with E-state index < -0.39 is 34.5 Å². The molecule has 2 N–H and O–H groups in total. The molecule has 1 saturated carbocycles. The number of hydrogen-bond donors (Lipinski definition) is 2. The number of hydrogen-bond acceptors (Lipinski definition) is 6. The maximum atomic E-state index is 13.0. The molecule has 2 fully saturated rings. The zero-order valence-electron chi connectivity index (χ0n) is 16.9. The third-order valence-electron chi connectivity index (χ3n) is 6.78. The van der Waals surface area contributed by atoms with Gasteiger partial charge in [0.1, 0.15) is 11.8 Å². The SMILES string of the molecule is COC(=O)[C@H](Cc1c[nH]c2ccccc12)N1C(=O)CC2[C@H](C[N+](=O)[O-])[C@@H](C)CC21O. The maximum Gasteiger partial charge on any atom is 0.329 e. The largest absolute Gasteiger partial charge is 0.467 e. The summed E-state index contributed by atoms with van der Waals surface area (Å²) in [7, 11) is 1.25. The Kier molecular flexibility index (Phi) is 5.01. The molecule has 9 nitrogen and oxygen atoms in total. The van der Waals surface area contributed by atoms with Crippen molar-refractivity contribution in [2.45, 2.75) is 38.0 Å². The van der Waals surface area contributed by atoms with Crippen molar-refractivity contribution in [3.05, 3.63) is 46.1 Å². The molecule has 4 rings (SSSR count). The van der Waals surface area contributed by atoms with Crippen LogP contribution in [0.1, 0.15) is 25.3 Å². The molecule has 1 aliphatic carbocycles. The molecule has 9 heteroatoms. The number of carbonyl (C=O) groups is 2. The number of nitro groups is 1. The van der Waals surface area contributed by atoms with Crippen LogP contribution in [0.3, 0.4) is 0 Å². The first-order chi connectivity index (χ1) is 14.3. The van der Waals surface area contributed by atoms with Gasteiger partial charge in [0.2, 0.25) is 12.5 Å². The van der Waals surface area contributed by atoms with Crippen LogP contribution >= 0.6 is 0 Å². The Balaban J connectivity index is 1.70. The molecule has 5 atom stereocenters. The number of benzene rings is 1. The molecule has 2 aliphatic rings. The number of rotatable bonds is 6. The standard InChI is InChI=1S/C21H25N3O6/c1-12-9-21(27)16(15(12)11-23(28)29)8-19(25)24(21)18(20(26)30-2)7-13-10-22-17-6-4-3-5-14(13)17/h3-6,10,12,15-16,18,22,27H,7-9,11H2,1-2H3/t12-,15+,16?,18-,21?/m0/s1. The zero-order chi connectivity index (χ0) is 21.6. The van der Waals surface area contributed by atoms with Crippen molar-refractivity contribution < 1.29 is 24.4 Å². The second-order valence-electron chi connectivity index (χ2n) is 8.42. The van der Waals surface area contributed by atoms with E-state index in [1.807, 2.05) is 31.2 Å². The lowest BCUT2D eigenvalue weighted by molar-refractivity contribution is -0.491. The van der Waals surface area contributed by atoms with Crippen LogP contribution in [0.25, 0.3) is 10.9 Å². The number of likely N-dealkylation sites (tertiary alicyclic amines) is 1. The average Bonchev–Trinajstić information content (AvgIpc) is 3.29. The van der Waals surface area contributed by atoms with Gasteiger partial charge in [0.15, 0.2) is 0 Å². The van der Waals surface area contributed by atoms with Crippen LogP contribution in [0.2, 0.25) is 0 Å². The number of aliphatic hydroxyl groups is 1. The van der Waals surface area contributed by atoms with Crippen molar-refractivity contribution in [3.8, 4) is 0 Å². The fourth-order valence-electron chi connectivity index (χ4n) is 5.46. The molecule has 1 aliphatic heterocycles. The number of amides is 1.